The summed E-state index contributed by atoms with van der Waals surface area (Å²) in [7, 11) is 0. The Hall–Kier alpha value is -1.84. The fourth-order valence-corrected chi connectivity index (χ4v) is 2.07. The molecule has 1 amide bonds. The van der Waals surface area contributed by atoms with Crippen molar-refractivity contribution in [3.63, 3.8) is 0 Å². The van der Waals surface area contributed by atoms with Crippen LogP contribution in [0.25, 0.3) is 0 Å². The van der Waals surface area contributed by atoms with E-state index in [4.69, 9.17) is 5.21 Å². The molecule has 1 aliphatic rings. The Morgan fingerprint density at radius 2 is 2.12 bits per heavy atom. The predicted molar refractivity (Wildman–Crippen MR) is 66.6 cm³/mol. The van der Waals surface area contributed by atoms with Gasteiger partial charge in [-0.05, 0) is 6.07 Å². The summed E-state index contributed by atoms with van der Waals surface area (Å²) in [6.07, 6.45) is 0.589. The number of amides is 1. The lowest BCUT2D eigenvalue weighted by atomic mass is 9.98. The van der Waals surface area contributed by atoms with E-state index in [1.165, 1.54) is 0 Å². The van der Waals surface area contributed by atoms with Crippen LogP contribution in [0.1, 0.15) is 25.8 Å². The van der Waals surface area contributed by atoms with E-state index in [9.17, 15) is 4.79 Å². The third-order valence-electron chi connectivity index (χ3n) is 2.96. The van der Waals surface area contributed by atoms with Crippen LogP contribution in [0, 0.1) is 5.92 Å². The SMILES string of the molecule is CC(C)C(=O)N1CCC(=NO)c2ccccc21. The normalized spacial score (nSPS) is 17.4. The first-order valence-electron chi connectivity index (χ1n) is 5.77. The van der Waals surface area contributed by atoms with Crippen molar-refractivity contribution in [1.29, 1.82) is 0 Å². The number of oxime groups is 1. The third kappa shape index (κ3) is 2.02. The van der Waals surface area contributed by atoms with Gasteiger partial charge in [0.05, 0.1) is 11.4 Å². The maximum absolute atomic E-state index is 12.1. The Morgan fingerprint density at radius 3 is 2.76 bits per heavy atom. The number of carbonyl (C=O) groups excluding carboxylic acids is 1. The third-order valence-corrected chi connectivity index (χ3v) is 2.96. The highest BCUT2D eigenvalue weighted by molar-refractivity contribution is 6.11. The van der Waals surface area contributed by atoms with Crippen LogP contribution in [0.15, 0.2) is 29.4 Å². The molecule has 0 saturated heterocycles. The molecule has 0 unspecified atom stereocenters. The van der Waals surface area contributed by atoms with Crippen molar-refractivity contribution in [2.75, 3.05) is 11.4 Å². The van der Waals surface area contributed by atoms with Gasteiger partial charge in [0, 0.05) is 24.4 Å². The molecule has 1 aromatic carbocycles. The summed E-state index contributed by atoms with van der Waals surface area (Å²) in [5.41, 5.74) is 2.33. The summed E-state index contributed by atoms with van der Waals surface area (Å²) in [6.45, 7) is 4.36. The maximum atomic E-state index is 12.1. The molecule has 0 radical (unpaired) electrons. The number of anilines is 1. The van der Waals surface area contributed by atoms with E-state index in [0.29, 0.717) is 18.7 Å². The Morgan fingerprint density at radius 1 is 1.41 bits per heavy atom. The number of benzene rings is 1. The summed E-state index contributed by atoms with van der Waals surface area (Å²) in [6, 6.07) is 7.54. The molecule has 1 aliphatic heterocycles. The molecule has 1 N–H and O–H groups in total. The minimum Gasteiger partial charge on any atom is -0.411 e. The van der Waals surface area contributed by atoms with Gasteiger partial charge in [-0.2, -0.15) is 0 Å². The van der Waals surface area contributed by atoms with Crippen molar-refractivity contribution in [3.05, 3.63) is 29.8 Å². The Labute approximate surface area is 101 Å². The van der Waals surface area contributed by atoms with Gasteiger partial charge in [0.25, 0.3) is 0 Å². The fraction of sp³-hybridized carbons (Fsp3) is 0.385. The monoisotopic (exact) mass is 232 g/mol. The van der Waals surface area contributed by atoms with Crippen molar-refractivity contribution in [2.24, 2.45) is 11.1 Å². The van der Waals surface area contributed by atoms with Crippen LogP contribution in [-0.4, -0.2) is 23.4 Å². The van der Waals surface area contributed by atoms with Gasteiger partial charge in [-0.3, -0.25) is 4.79 Å². The molecule has 4 nitrogen and oxygen atoms in total. The van der Waals surface area contributed by atoms with Crippen LogP contribution in [0.4, 0.5) is 5.69 Å². The number of nitrogens with zero attached hydrogens (tertiary/aromatic N) is 2. The zero-order valence-corrected chi connectivity index (χ0v) is 10.1. The number of para-hydroxylation sites is 1. The zero-order valence-electron chi connectivity index (χ0n) is 10.1. The molecule has 0 atom stereocenters. The molecule has 2 rings (SSSR count). The highest BCUT2D eigenvalue weighted by Gasteiger charge is 2.27. The quantitative estimate of drug-likeness (QED) is 0.596. The minimum atomic E-state index is -0.0318. The summed E-state index contributed by atoms with van der Waals surface area (Å²) < 4.78 is 0. The van der Waals surface area contributed by atoms with E-state index in [1.807, 2.05) is 38.1 Å². The zero-order chi connectivity index (χ0) is 12.4. The average molecular weight is 232 g/mol. The van der Waals surface area contributed by atoms with Crippen LogP contribution >= 0.6 is 0 Å². The topological polar surface area (TPSA) is 52.9 Å². The lowest BCUT2D eigenvalue weighted by Crippen LogP contribution is -2.39. The van der Waals surface area contributed by atoms with E-state index in [2.05, 4.69) is 5.16 Å². The van der Waals surface area contributed by atoms with Crippen molar-refractivity contribution < 1.29 is 10.0 Å². The second-order valence-corrected chi connectivity index (χ2v) is 4.46. The van der Waals surface area contributed by atoms with Crippen molar-refractivity contribution in [2.45, 2.75) is 20.3 Å². The standard InChI is InChI=1S/C13H16N2O2/c1-9(2)13(16)15-8-7-11(14-17)10-5-3-4-6-12(10)15/h3-6,9,17H,7-8H2,1-2H3. The largest absolute Gasteiger partial charge is 0.411 e. The lowest BCUT2D eigenvalue weighted by Gasteiger charge is -2.31. The van der Waals surface area contributed by atoms with E-state index >= 15 is 0 Å². The fourth-order valence-electron chi connectivity index (χ4n) is 2.07. The molecule has 4 heteroatoms. The van der Waals surface area contributed by atoms with Gasteiger partial charge in [-0.25, -0.2) is 0 Å². The molecule has 0 spiro atoms. The summed E-state index contributed by atoms with van der Waals surface area (Å²) in [5, 5.41) is 12.3. The average Bonchev–Trinajstić information content (AvgIpc) is 2.36. The molecule has 0 aliphatic carbocycles. The summed E-state index contributed by atoms with van der Waals surface area (Å²) in [5.74, 6) is 0.0742. The van der Waals surface area contributed by atoms with Gasteiger partial charge in [-0.15, -0.1) is 0 Å². The van der Waals surface area contributed by atoms with E-state index in [1.54, 1.807) is 4.90 Å². The molecule has 0 fully saturated rings. The second-order valence-electron chi connectivity index (χ2n) is 4.46. The first kappa shape index (κ1) is 11.6. The van der Waals surface area contributed by atoms with E-state index in [-0.39, 0.29) is 11.8 Å². The lowest BCUT2D eigenvalue weighted by molar-refractivity contribution is -0.121. The van der Waals surface area contributed by atoms with Crippen LogP contribution in [0.2, 0.25) is 0 Å². The van der Waals surface area contributed by atoms with Crippen molar-refractivity contribution in [1.82, 2.24) is 0 Å². The van der Waals surface area contributed by atoms with Crippen molar-refractivity contribution >= 4 is 17.3 Å². The molecular formula is C13H16N2O2. The van der Waals surface area contributed by atoms with E-state index < -0.39 is 0 Å². The van der Waals surface area contributed by atoms with Crippen molar-refractivity contribution in [3.8, 4) is 0 Å². The number of rotatable bonds is 1. The molecule has 17 heavy (non-hydrogen) atoms. The minimum absolute atomic E-state index is 0.0318. The highest BCUT2D eigenvalue weighted by atomic mass is 16.4. The Bertz CT molecular complexity index is 466. The number of fused-ring (bicyclic) bond motifs is 1. The number of hydrogen-bond donors (Lipinski definition) is 1. The summed E-state index contributed by atoms with van der Waals surface area (Å²) >= 11 is 0. The van der Waals surface area contributed by atoms with Gasteiger partial charge in [0.15, 0.2) is 0 Å². The van der Waals surface area contributed by atoms with Crippen LogP contribution < -0.4 is 4.90 Å². The first-order valence-corrected chi connectivity index (χ1v) is 5.77. The Kier molecular flexibility index (Phi) is 3.13. The molecule has 0 aromatic heterocycles. The molecule has 90 valence electrons. The molecule has 1 heterocycles. The maximum Gasteiger partial charge on any atom is 0.229 e. The predicted octanol–water partition coefficient (Wildman–Crippen LogP) is 2.26. The summed E-state index contributed by atoms with van der Waals surface area (Å²) in [4.78, 5) is 13.9. The van der Waals surface area contributed by atoms with Gasteiger partial charge in [0.1, 0.15) is 0 Å². The van der Waals surface area contributed by atoms with Gasteiger partial charge in [-0.1, -0.05) is 37.2 Å². The molecule has 0 bridgehead atoms. The van der Waals surface area contributed by atoms with E-state index in [0.717, 1.165) is 11.3 Å². The van der Waals surface area contributed by atoms with Gasteiger partial charge < -0.3 is 10.1 Å². The van der Waals surface area contributed by atoms with Gasteiger partial charge in [0.2, 0.25) is 5.91 Å². The van der Waals surface area contributed by atoms with Crippen LogP contribution in [0.5, 0.6) is 0 Å². The number of carbonyl (C=O) groups is 1. The smallest absolute Gasteiger partial charge is 0.229 e. The molecule has 1 aromatic rings. The van der Waals surface area contributed by atoms with Gasteiger partial charge >= 0.3 is 0 Å². The highest BCUT2D eigenvalue weighted by Crippen LogP contribution is 2.28. The first-order chi connectivity index (χ1) is 8.15. The molecule has 0 saturated carbocycles. The second kappa shape index (κ2) is 4.57. The van der Waals surface area contributed by atoms with Crippen LogP contribution in [0.3, 0.4) is 0 Å². The number of hydrogen-bond acceptors (Lipinski definition) is 3. The molecular weight excluding hydrogens is 216 g/mol. The Balaban J connectivity index is 2.45. The van der Waals surface area contributed by atoms with Crippen LogP contribution in [-0.2, 0) is 4.79 Å².